The number of rotatable bonds is 4. The average Bonchev–Trinajstić information content (AvgIpc) is 3.04. The standard InChI is InChI=1S/C28H28O3S/c1-18(2)21-13-11-20(4)27-23-15-16-26(32(29,30)22-9-7-6-8-10-22)28(31-5)24(23)14-12-19(3)25(27)17-21/h6-18H,1-5H3. The van der Waals surface area contributed by atoms with Crippen molar-refractivity contribution in [3.05, 3.63) is 99.5 Å². The quantitative estimate of drug-likeness (QED) is 0.675. The molecule has 2 aromatic carbocycles. The van der Waals surface area contributed by atoms with Crippen LogP contribution in [-0.4, -0.2) is 15.5 Å². The molecule has 0 fully saturated rings. The van der Waals surface area contributed by atoms with E-state index < -0.39 is 9.84 Å². The minimum atomic E-state index is -3.73. The van der Waals surface area contributed by atoms with E-state index in [0.717, 1.165) is 32.7 Å². The van der Waals surface area contributed by atoms with Crippen LogP contribution in [0.4, 0.5) is 0 Å². The first-order valence-electron chi connectivity index (χ1n) is 10.8. The number of ether oxygens (including phenoxy) is 1. The molecule has 4 heteroatoms. The number of benzene rings is 2. The van der Waals surface area contributed by atoms with Gasteiger partial charge in [0.15, 0.2) is 0 Å². The summed E-state index contributed by atoms with van der Waals surface area (Å²) >= 11 is 0. The van der Waals surface area contributed by atoms with E-state index in [9.17, 15) is 8.42 Å². The van der Waals surface area contributed by atoms with Crippen molar-refractivity contribution >= 4 is 21.5 Å². The van der Waals surface area contributed by atoms with Crippen molar-refractivity contribution in [3.63, 3.8) is 0 Å². The molecule has 3 nitrogen and oxygen atoms in total. The van der Waals surface area contributed by atoms with E-state index >= 15 is 0 Å². The highest BCUT2D eigenvalue weighted by Crippen LogP contribution is 2.33. The first-order chi connectivity index (χ1) is 15.3. The van der Waals surface area contributed by atoms with Gasteiger partial charge in [-0.05, 0) is 71.0 Å². The van der Waals surface area contributed by atoms with Crippen molar-refractivity contribution in [1.29, 1.82) is 0 Å². The van der Waals surface area contributed by atoms with Crippen molar-refractivity contribution in [3.8, 4) is 5.75 Å². The molecule has 0 spiro atoms. The van der Waals surface area contributed by atoms with Crippen LogP contribution in [-0.2, 0) is 9.84 Å². The Morgan fingerprint density at radius 1 is 0.844 bits per heavy atom. The molecule has 32 heavy (non-hydrogen) atoms. The predicted octanol–water partition coefficient (Wildman–Crippen LogP) is 4.89. The van der Waals surface area contributed by atoms with E-state index in [1.54, 1.807) is 36.4 Å². The zero-order chi connectivity index (χ0) is 23.0. The Morgan fingerprint density at radius 3 is 2.19 bits per heavy atom. The molecule has 2 aromatic rings. The topological polar surface area (TPSA) is 43.4 Å². The molecule has 0 unspecified atom stereocenters. The van der Waals surface area contributed by atoms with Gasteiger partial charge in [-0.2, -0.15) is 0 Å². The fourth-order valence-electron chi connectivity index (χ4n) is 4.24. The number of hydrogen-bond acceptors (Lipinski definition) is 3. The van der Waals surface area contributed by atoms with Crippen LogP contribution in [0.15, 0.2) is 98.9 Å². The molecule has 0 saturated carbocycles. The largest absolute Gasteiger partial charge is 0.495 e. The fourth-order valence-corrected chi connectivity index (χ4v) is 5.70. The first kappa shape index (κ1) is 22.1. The van der Waals surface area contributed by atoms with E-state index in [-0.39, 0.29) is 9.79 Å². The summed E-state index contributed by atoms with van der Waals surface area (Å²) in [6.07, 6.45) is 10.6. The number of allylic oxidation sites excluding steroid dienone is 8. The molecule has 0 aromatic heterocycles. The molecule has 0 N–H and O–H groups in total. The molecule has 0 heterocycles. The molecule has 0 radical (unpaired) electrons. The summed E-state index contributed by atoms with van der Waals surface area (Å²) < 4.78 is 32.6. The summed E-state index contributed by atoms with van der Waals surface area (Å²) in [6, 6.07) is 12.1. The maximum atomic E-state index is 13.4. The van der Waals surface area contributed by atoms with E-state index in [1.807, 2.05) is 12.1 Å². The van der Waals surface area contributed by atoms with Crippen molar-refractivity contribution in [2.45, 2.75) is 37.5 Å². The lowest BCUT2D eigenvalue weighted by Crippen LogP contribution is -2.30. The Hall–Kier alpha value is -3.11. The minimum Gasteiger partial charge on any atom is -0.495 e. The highest BCUT2D eigenvalue weighted by molar-refractivity contribution is 7.91. The van der Waals surface area contributed by atoms with E-state index in [2.05, 4.69) is 52.0 Å². The third kappa shape index (κ3) is 3.69. The second-order valence-corrected chi connectivity index (χ2v) is 10.4. The van der Waals surface area contributed by atoms with E-state index in [4.69, 9.17) is 4.74 Å². The summed E-state index contributed by atoms with van der Waals surface area (Å²) in [7, 11) is -2.19. The Balaban J connectivity index is 2.09. The van der Waals surface area contributed by atoms with Gasteiger partial charge in [0.25, 0.3) is 0 Å². The van der Waals surface area contributed by atoms with Gasteiger partial charge in [-0.25, -0.2) is 8.42 Å². The summed E-state index contributed by atoms with van der Waals surface area (Å²) in [5.41, 5.74) is 5.80. The predicted molar refractivity (Wildman–Crippen MR) is 131 cm³/mol. The Kier molecular flexibility index (Phi) is 5.83. The first-order valence-corrected chi connectivity index (χ1v) is 12.3. The SMILES string of the molecule is COc1c(S(=O)(=O)c2ccccc2)ccc2c1=CC=C(C)C1=CC(C(C)C)=CC=C(C)C=21. The molecule has 0 atom stereocenters. The van der Waals surface area contributed by atoms with Gasteiger partial charge < -0.3 is 4.74 Å². The summed E-state index contributed by atoms with van der Waals surface area (Å²) in [5, 5.41) is 1.75. The summed E-state index contributed by atoms with van der Waals surface area (Å²) in [4.78, 5) is 0.430. The Morgan fingerprint density at radius 2 is 1.53 bits per heavy atom. The maximum absolute atomic E-state index is 13.4. The van der Waals surface area contributed by atoms with E-state index in [1.165, 1.54) is 12.7 Å². The number of sulfone groups is 1. The molecule has 0 amide bonds. The molecule has 0 aliphatic heterocycles. The van der Waals surface area contributed by atoms with Crippen LogP contribution in [0, 0.1) is 5.92 Å². The molecular formula is C28H28O3S. The molecule has 4 rings (SSSR count). The lowest BCUT2D eigenvalue weighted by molar-refractivity contribution is 0.398. The maximum Gasteiger partial charge on any atom is 0.210 e. The highest BCUT2D eigenvalue weighted by Gasteiger charge is 2.25. The molecule has 164 valence electrons. The van der Waals surface area contributed by atoms with Gasteiger partial charge >= 0.3 is 0 Å². The summed E-state index contributed by atoms with van der Waals surface area (Å²) in [5.74, 6) is 0.775. The Labute approximate surface area is 190 Å². The van der Waals surface area contributed by atoms with Crippen LogP contribution in [0.3, 0.4) is 0 Å². The number of fused-ring (bicyclic) bond motifs is 2. The Bertz CT molecular complexity index is 1430. The third-order valence-electron chi connectivity index (χ3n) is 6.07. The second-order valence-electron chi connectivity index (χ2n) is 8.50. The van der Waals surface area contributed by atoms with Gasteiger partial charge in [-0.1, -0.05) is 68.5 Å². The van der Waals surface area contributed by atoms with Crippen molar-refractivity contribution in [1.82, 2.24) is 0 Å². The molecule has 0 bridgehead atoms. The fraction of sp³-hybridized carbons (Fsp3) is 0.214. The normalized spacial score (nSPS) is 15.9. The van der Waals surface area contributed by atoms with Gasteiger partial charge in [-0.3, -0.25) is 0 Å². The van der Waals surface area contributed by atoms with Gasteiger partial charge in [0, 0.05) is 5.22 Å². The highest BCUT2D eigenvalue weighted by atomic mass is 32.2. The van der Waals surface area contributed by atoms with Crippen molar-refractivity contribution < 1.29 is 13.2 Å². The molecule has 2 aliphatic carbocycles. The zero-order valence-corrected chi connectivity index (χ0v) is 20.0. The number of hydrogen-bond donors (Lipinski definition) is 0. The van der Waals surface area contributed by atoms with Gasteiger partial charge in [0.2, 0.25) is 9.84 Å². The molecular weight excluding hydrogens is 416 g/mol. The minimum absolute atomic E-state index is 0.177. The van der Waals surface area contributed by atoms with Gasteiger partial charge in [0.1, 0.15) is 10.6 Å². The van der Waals surface area contributed by atoms with Crippen molar-refractivity contribution in [2.75, 3.05) is 7.11 Å². The summed E-state index contributed by atoms with van der Waals surface area (Å²) in [6.45, 7) is 8.58. The van der Waals surface area contributed by atoms with Crippen molar-refractivity contribution in [2.24, 2.45) is 5.92 Å². The lowest BCUT2D eigenvalue weighted by Gasteiger charge is -2.15. The van der Waals surface area contributed by atoms with Crippen LogP contribution in [0.25, 0.3) is 11.6 Å². The van der Waals surface area contributed by atoms with E-state index in [0.29, 0.717) is 11.7 Å². The smallest absolute Gasteiger partial charge is 0.210 e. The van der Waals surface area contributed by atoms with Crippen LogP contribution in [0.2, 0.25) is 0 Å². The van der Waals surface area contributed by atoms with Crippen LogP contribution >= 0.6 is 0 Å². The monoisotopic (exact) mass is 444 g/mol. The molecule has 2 aliphatic rings. The van der Waals surface area contributed by atoms with Crippen LogP contribution in [0.1, 0.15) is 27.7 Å². The third-order valence-corrected chi connectivity index (χ3v) is 7.86. The van der Waals surface area contributed by atoms with Gasteiger partial charge in [-0.15, -0.1) is 0 Å². The zero-order valence-electron chi connectivity index (χ0n) is 19.1. The second kappa shape index (κ2) is 8.44. The van der Waals surface area contributed by atoms with Gasteiger partial charge in [0.05, 0.1) is 12.0 Å². The van der Waals surface area contributed by atoms with Crippen LogP contribution in [0.5, 0.6) is 5.75 Å². The van der Waals surface area contributed by atoms with Crippen LogP contribution < -0.4 is 15.2 Å². The number of methoxy groups -OCH3 is 1. The average molecular weight is 445 g/mol. The lowest BCUT2D eigenvalue weighted by atomic mass is 9.91. The molecule has 0 saturated heterocycles.